The third-order valence-corrected chi connectivity index (χ3v) is 4.83. The van der Waals surface area contributed by atoms with Crippen molar-refractivity contribution in [1.29, 1.82) is 0 Å². The first-order chi connectivity index (χ1) is 12.1. The van der Waals surface area contributed by atoms with Crippen molar-refractivity contribution in [2.24, 2.45) is 11.8 Å². The van der Waals surface area contributed by atoms with Gasteiger partial charge in [-0.25, -0.2) is 0 Å². The van der Waals surface area contributed by atoms with Crippen molar-refractivity contribution in [3.05, 3.63) is 23.3 Å². The van der Waals surface area contributed by atoms with Crippen LogP contribution in [-0.4, -0.2) is 41.5 Å². The molecule has 1 aliphatic heterocycles. The maximum Gasteiger partial charge on any atom is 0.306 e. The summed E-state index contributed by atoms with van der Waals surface area (Å²) >= 11 is 0. The first-order valence-corrected chi connectivity index (χ1v) is 9.16. The molecule has 2 aliphatic rings. The number of esters is 1. The molecular weight excluding hydrogens is 336 g/mol. The van der Waals surface area contributed by atoms with Crippen LogP contribution >= 0.6 is 0 Å². The van der Waals surface area contributed by atoms with Gasteiger partial charge in [-0.1, -0.05) is 38.5 Å². The first-order valence-electron chi connectivity index (χ1n) is 9.16. The van der Waals surface area contributed by atoms with Crippen molar-refractivity contribution in [2.45, 2.75) is 64.6 Å². The summed E-state index contributed by atoms with van der Waals surface area (Å²) in [5.41, 5.74) is -0.350. The van der Waals surface area contributed by atoms with Gasteiger partial charge in [-0.05, 0) is 37.2 Å². The number of aliphatic carboxylic acids is 1. The van der Waals surface area contributed by atoms with Crippen LogP contribution in [0.5, 0.6) is 0 Å². The summed E-state index contributed by atoms with van der Waals surface area (Å²) in [4.78, 5) is 22.8. The van der Waals surface area contributed by atoms with Gasteiger partial charge in [0.15, 0.2) is 0 Å². The number of carbonyl (C=O) groups excluding carboxylic acids is 2. The van der Waals surface area contributed by atoms with Crippen LogP contribution in [0.1, 0.15) is 53.4 Å². The molecule has 1 heterocycles. The normalized spacial score (nSPS) is 29.0. The Bertz CT molecular complexity index is 614. The van der Waals surface area contributed by atoms with Crippen LogP contribution < -0.4 is 5.11 Å². The van der Waals surface area contributed by atoms with E-state index in [1.807, 2.05) is 32.9 Å². The number of carbonyl (C=O) groups is 2. The fourth-order valence-corrected chi connectivity index (χ4v) is 3.68. The van der Waals surface area contributed by atoms with Gasteiger partial charge >= 0.3 is 5.97 Å². The lowest BCUT2D eigenvalue weighted by Crippen LogP contribution is -2.44. The molecule has 0 spiro atoms. The number of epoxide rings is 1. The van der Waals surface area contributed by atoms with Crippen molar-refractivity contribution < 1.29 is 29.3 Å². The molecule has 2 rings (SSSR count). The Kier molecular flexibility index (Phi) is 6.29. The van der Waals surface area contributed by atoms with Crippen LogP contribution in [0.4, 0.5) is 0 Å². The van der Waals surface area contributed by atoms with Gasteiger partial charge in [0.05, 0.1) is 12.2 Å². The second-order valence-corrected chi connectivity index (χ2v) is 8.23. The van der Waals surface area contributed by atoms with E-state index in [2.05, 4.69) is 0 Å². The molecule has 146 valence electrons. The van der Waals surface area contributed by atoms with Gasteiger partial charge in [0.25, 0.3) is 0 Å². The molecule has 1 fully saturated rings. The van der Waals surface area contributed by atoms with E-state index in [1.54, 1.807) is 6.92 Å². The highest BCUT2D eigenvalue weighted by atomic mass is 16.6. The number of allylic oxidation sites excluding steroid dienone is 2. The zero-order chi connectivity index (χ0) is 19.5. The largest absolute Gasteiger partial charge is 0.550 e. The summed E-state index contributed by atoms with van der Waals surface area (Å²) in [6, 6.07) is 0. The molecule has 0 bridgehead atoms. The number of hydrogen-bond donors (Lipinski definition) is 1. The van der Waals surface area contributed by atoms with E-state index in [0.29, 0.717) is 25.0 Å². The lowest BCUT2D eigenvalue weighted by atomic mass is 9.72. The predicted molar refractivity (Wildman–Crippen MR) is 93.9 cm³/mol. The Morgan fingerprint density at radius 1 is 1.31 bits per heavy atom. The monoisotopic (exact) mass is 365 g/mol. The standard InChI is InChI=1S/C20H30O6/c1-13(2)7-18(23)25-11-20(12-26-20)16-6-5-14(3)9-19(16,24)10-15(4)8-17(21)22/h5-6,13,15,24H,7-12H2,1-4H3,(H,21,22)/p-1. The zero-order valence-electron chi connectivity index (χ0n) is 16.0. The molecule has 0 saturated carbocycles. The van der Waals surface area contributed by atoms with E-state index in [4.69, 9.17) is 9.47 Å². The minimum atomic E-state index is -1.21. The number of ether oxygens (including phenoxy) is 2. The first kappa shape index (κ1) is 20.6. The fourth-order valence-electron chi connectivity index (χ4n) is 3.68. The second-order valence-electron chi connectivity index (χ2n) is 8.23. The third kappa shape index (κ3) is 5.17. The van der Waals surface area contributed by atoms with Crippen LogP contribution in [0.25, 0.3) is 0 Å². The topological polar surface area (TPSA) is 99.2 Å². The van der Waals surface area contributed by atoms with Gasteiger partial charge in [0.1, 0.15) is 12.2 Å². The van der Waals surface area contributed by atoms with E-state index < -0.39 is 17.2 Å². The molecule has 1 N–H and O–H groups in total. The SMILES string of the molecule is CC1=CC=C(C2(COC(=O)CC(C)C)CO2)C(O)(CC(C)CC(=O)[O-])C1. The zero-order valence-corrected chi connectivity index (χ0v) is 16.0. The molecule has 3 unspecified atom stereocenters. The number of carboxylic acid groups (broad SMARTS) is 1. The van der Waals surface area contributed by atoms with Crippen LogP contribution in [-0.2, 0) is 19.1 Å². The number of hydrogen-bond acceptors (Lipinski definition) is 6. The van der Waals surface area contributed by atoms with Gasteiger partial charge < -0.3 is 24.5 Å². The molecule has 0 aromatic heterocycles. The maximum atomic E-state index is 11.9. The molecule has 3 atom stereocenters. The maximum absolute atomic E-state index is 11.9. The van der Waals surface area contributed by atoms with Crippen LogP contribution in [0.2, 0.25) is 0 Å². The van der Waals surface area contributed by atoms with Crippen molar-refractivity contribution in [2.75, 3.05) is 13.2 Å². The summed E-state index contributed by atoms with van der Waals surface area (Å²) < 4.78 is 11.0. The molecule has 1 aliphatic carbocycles. The van der Waals surface area contributed by atoms with Gasteiger partial charge in [-0.15, -0.1) is 0 Å². The Balaban J connectivity index is 2.13. The predicted octanol–water partition coefficient (Wildman–Crippen LogP) is 1.52. The Labute approximate surface area is 154 Å². The highest BCUT2D eigenvalue weighted by molar-refractivity contribution is 5.69. The number of carboxylic acids is 1. The highest BCUT2D eigenvalue weighted by Gasteiger charge is 2.56. The Hall–Kier alpha value is -1.66. The summed E-state index contributed by atoms with van der Waals surface area (Å²) in [6.45, 7) is 8.03. The Morgan fingerprint density at radius 2 is 1.96 bits per heavy atom. The minimum Gasteiger partial charge on any atom is -0.550 e. The van der Waals surface area contributed by atoms with Crippen molar-refractivity contribution in [1.82, 2.24) is 0 Å². The van der Waals surface area contributed by atoms with E-state index >= 15 is 0 Å². The number of rotatable bonds is 9. The highest BCUT2D eigenvalue weighted by Crippen LogP contribution is 2.47. The quantitative estimate of drug-likeness (QED) is 0.491. The smallest absolute Gasteiger partial charge is 0.306 e. The molecule has 6 nitrogen and oxygen atoms in total. The van der Waals surface area contributed by atoms with Crippen LogP contribution in [0, 0.1) is 11.8 Å². The van der Waals surface area contributed by atoms with Gasteiger partial charge in [-0.2, -0.15) is 0 Å². The van der Waals surface area contributed by atoms with Crippen molar-refractivity contribution in [3.8, 4) is 0 Å². The molecule has 0 radical (unpaired) electrons. The summed E-state index contributed by atoms with van der Waals surface area (Å²) in [5, 5.41) is 22.2. The molecule has 1 saturated heterocycles. The molecule has 26 heavy (non-hydrogen) atoms. The van der Waals surface area contributed by atoms with E-state index in [9.17, 15) is 19.8 Å². The van der Waals surface area contributed by atoms with Crippen LogP contribution in [0.3, 0.4) is 0 Å². The lowest BCUT2D eigenvalue weighted by Gasteiger charge is -2.38. The number of aliphatic hydroxyl groups is 1. The molecule has 6 heteroatoms. The molecule has 0 aromatic rings. The third-order valence-electron chi connectivity index (χ3n) is 4.83. The fraction of sp³-hybridized carbons (Fsp3) is 0.700. The molecule has 0 aromatic carbocycles. The minimum absolute atomic E-state index is 0.0639. The van der Waals surface area contributed by atoms with Gasteiger partial charge in [-0.3, -0.25) is 4.79 Å². The average Bonchev–Trinajstić information content (AvgIpc) is 3.23. The van der Waals surface area contributed by atoms with E-state index in [1.165, 1.54) is 0 Å². The van der Waals surface area contributed by atoms with E-state index in [0.717, 1.165) is 5.57 Å². The molecular formula is C20H29O6-. The average molecular weight is 365 g/mol. The van der Waals surface area contributed by atoms with Crippen molar-refractivity contribution >= 4 is 11.9 Å². The summed E-state index contributed by atoms with van der Waals surface area (Å²) in [7, 11) is 0. The van der Waals surface area contributed by atoms with Crippen molar-refractivity contribution in [3.63, 3.8) is 0 Å². The Morgan fingerprint density at radius 3 is 2.50 bits per heavy atom. The van der Waals surface area contributed by atoms with Gasteiger partial charge in [0.2, 0.25) is 0 Å². The summed E-state index contributed by atoms with van der Waals surface area (Å²) in [5.74, 6) is -1.46. The molecule has 0 amide bonds. The second kappa shape index (κ2) is 7.92. The van der Waals surface area contributed by atoms with Gasteiger partial charge in [0, 0.05) is 18.8 Å². The van der Waals surface area contributed by atoms with Crippen LogP contribution in [0.15, 0.2) is 23.3 Å². The lowest BCUT2D eigenvalue weighted by molar-refractivity contribution is -0.306. The summed E-state index contributed by atoms with van der Waals surface area (Å²) in [6.07, 6.45) is 4.65. The van der Waals surface area contributed by atoms with E-state index in [-0.39, 0.29) is 37.3 Å².